The number of anilines is 4. The lowest BCUT2D eigenvalue weighted by Gasteiger charge is -2.55. The lowest BCUT2D eigenvalue weighted by atomic mass is 9.78. The van der Waals surface area contributed by atoms with Crippen LogP contribution in [0.25, 0.3) is 33.8 Å². The predicted molar refractivity (Wildman–Crippen MR) is 246 cm³/mol. The Kier molecular flexibility index (Phi) is 11.8. The zero-order valence-electron chi connectivity index (χ0n) is 37.1. The van der Waals surface area contributed by atoms with Crippen molar-refractivity contribution in [3.63, 3.8) is 0 Å². The first kappa shape index (κ1) is 46.5. The minimum Gasteiger partial charge on any atom is -0.476 e. The number of nitrogens with zero attached hydrogens (tertiary/aromatic N) is 10. The number of ether oxygens (including phenoxy) is 2. The molecule has 6 aromatic heterocycles. The van der Waals surface area contributed by atoms with Gasteiger partial charge in [0, 0.05) is 37.3 Å². The summed E-state index contributed by atoms with van der Waals surface area (Å²) >= 11 is 0. The topological polar surface area (TPSA) is 204 Å². The van der Waals surface area contributed by atoms with Crippen LogP contribution in [0.3, 0.4) is 0 Å². The number of imidazole rings is 2. The number of carbonyl (C=O) groups excluding carboxylic acids is 1. The quantitative estimate of drug-likeness (QED) is 0.132. The lowest BCUT2D eigenvalue weighted by molar-refractivity contribution is -0.137. The van der Waals surface area contributed by atoms with Gasteiger partial charge in [0.05, 0.1) is 72.2 Å². The van der Waals surface area contributed by atoms with Crippen molar-refractivity contribution in [2.75, 3.05) is 73.5 Å². The molecule has 4 fully saturated rings. The maximum Gasteiger partial charge on any atom is 0.417 e. The number of pyridine rings is 2. The van der Waals surface area contributed by atoms with E-state index in [1.807, 2.05) is 24.3 Å². The van der Waals surface area contributed by atoms with E-state index in [2.05, 4.69) is 45.2 Å². The largest absolute Gasteiger partial charge is 0.476 e. The fourth-order valence-electron chi connectivity index (χ4n) is 8.70. The van der Waals surface area contributed by atoms with E-state index < -0.39 is 35.4 Å². The van der Waals surface area contributed by atoms with Gasteiger partial charge in [-0.05, 0) is 60.7 Å². The Morgan fingerprint density at radius 2 is 1.06 bits per heavy atom. The monoisotopic (exact) mass is 978 g/mol. The van der Waals surface area contributed by atoms with Crippen LogP contribution < -0.4 is 20.9 Å². The maximum absolute atomic E-state index is 13.5. The lowest BCUT2D eigenvalue weighted by Crippen LogP contribution is -2.66. The number of halogens is 6. The summed E-state index contributed by atoms with van der Waals surface area (Å²) in [5, 5.41) is 20.0. The summed E-state index contributed by atoms with van der Waals surface area (Å²) in [6.07, 6.45) is -6.64. The van der Waals surface area contributed by atoms with E-state index >= 15 is 0 Å². The van der Waals surface area contributed by atoms with Gasteiger partial charge in [0.2, 0.25) is 0 Å². The zero-order valence-corrected chi connectivity index (χ0v) is 37.1. The number of hydrogen-bond acceptors (Lipinski definition) is 13. The third kappa shape index (κ3) is 9.35. The number of nitrogen functional groups attached to an aromatic ring is 1. The molecule has 1 amide bonds. The summed E-state index contributed by atoms with van der Waals surface area (Å²) in [5.41, 5.74) is 4.96. The smallest absolute Gasteiger partial charge is 0.417 e. The highest BCUT2D eigenvalue weighted by Crippen LogP contribution is 2.41. The number of fused-ring (bicyclic) bond motifs is 2. The molecule has 0 unspecified atom stereocenters. The van der Waals surface area contributed by atoms with Crippen LogP contribution in [0.4, 0.5) is 49.6 Å². The van der Waals surface area contributed by atoms with Crippen molar-refractivity contribution >= 4 is 46.4 Å². The molecule has 4 saturated heterocycles. The molecule has 2 spiro atoms. The fraction of sp³-hybridized carbons (Fsp3) is 0.250. The summed E-state index contributed by atoms with van der Waals surface area (Å²) in [5.74, 6) is 0.898. The minimum atomic E-state index is -4.54. The molecular weight excluding hydrogens is 939 g/mol. The van der Waals surface area contributed by atoms with Gasteiger partial charge in [-0.25, -0.2) is 33.8 Å². The number of nitrogens with one attached hydrogen (secondary N) is 1. The maximum atomic E-state index is 13.5. The van der Waals surface area contributed by atoms with Crippen molar-refractivity contribution in [1.29, 1.82) is 0 Å². The number of carbonyl (C=O) groups is 2. The number of benzene rings is 2. The first-order valence-corrected chi connectivity index (χ1v) is 21.9. The highest BCUT2D eigenvalue weighted by molar-refractivity contribution is 6.03. The molecule has 0 bridgehead atoms. The molecule has 4 aliphatic heterocycles. The van der Waals surface area contributed by atoms with Crippen molar-refractivity contribution < 1.29 is 50.5 Å². The van der Waals surface area contributed by atoms with E-state index in [4.69, 9.17) is 20.3 Å². The normalized spacial score (nSPS) is 16.4. The van der Waals surface area contributed by atoms with Gasteiger partial charge in [0.1, 0.15) is 23.3 Å². The number of carboxylic acids is 1. The van der Waals surface area contributed by atoms with Gasteiger partial charge >= 0.3 is 18.3 Å². The second-order valence-corrected chi connectivity index (χ2v) is 17.6. The van der Waals surface area contributed by atoms with E-state index in [1.165, 1.54) is 71.4 Å². The highest BCUT2D eigenvalue weighted by atomic mass is 19.4. The van der Waals surface area contributed by atoms with Crippen molar-refractivity contribution in [1.82, 2.24) is 39.2 Å². The van der Waals surface area contributed by atoms with Gasteiger partial charge in [-0.1, -0.05) is 48.5 Å². The van der Waals surface area contributed by atoms with E-state index in [-0.39, 0.29) is 45.0 Å². The summed E-state index contributed by atoms with van der Waals surface area (Å²) < 4.78 is 92.4. The molecule has 364 valence electrons. The second-order valence-electron chi connectivity index (χ2n) is 17.6. The van der Waals surface area contributed by atoms with E-state index in [1.54, 1.807) is 12.1 Å². The number of nitrogens with two attached hydrogens (primary N) is 1. The highest BCUT2D eigenvalue weighted by Gasteiger charge is 2.50. The van der Waals surface area contributed by atoms with Crippen molar-refractivity contribution in [3.8, 4) is 22.5 Å². The Hall–Kier alpha value is -8.18. The molecule has 0 radical (unpaired) electrons. The van der Waals surface area contributed by atoms with Crippen molar-refractivity contribution in [3.05, 3.63) is 144 Å². The summed E-state index contributed by atoms with van der Waals surface area (Å²) in [7, 11) is 0. The summed E-state index contributed by atoms with van der Waals surface area (Å²) in [6.45, 7) is 7.17. The van der Waals surface area contributed by atoms with Crippen LogP contribution in [0.1, 0.15) is 32.1 Å². The number of rotatable bonds is 7. The molecule has 0 atom stereocenters. The Bertz CT molecular complexity index is 3300. The van der Waals surface area contributed by atoms with Crippen LogP contribution in [0.5, 0.6) is 0 Å². The molecule has 17 nitrogen and oxygen atoms in total. The first-order valence-electron chi connectivity index (χ1n) is 21.9. The molecule has 4 aliphatic rings. The van der Waals surface area contributed by atoms with Gasteiger partial charge in [0.25, 0.3) is 5.91 Å². The number of hydrogen-bond donors (Lipinski definition) is 3. The molecule has 4 N–H and O–H groups in total. The van der Waals surface area contributed by atoms with Gasteiger partial charge in [-0.3, -0.25) is 4.79 Å². The first-order chi connectivity index (χ1) is 34.0. The number of aromatic carboxylic acids is 1. The van der Waals surface area contributed by atoms with Gasteiger partial charge in [0.15, 0.2) is 22.7 Å². The van der Waals surface area contributed by atoms with E-state index in [0.717, 1.165) is 87.1 Å². The molecule has 8 aromatic rings. The Labute approximate surface area is 398 Å². The van der Waals surface area contributed by atoms with Crippen LogP contribution in [0.2, 0.25) is 0 Å². The predicted octanol–water partition coefficient (Wildman–Crippen LogP) is 7.51. The number of amides is 1. The van der Waals surface area contributed by atoms with Gasteiger partial charge in [-0.15, -0.1) is 0 Å². The average Bonchev–Trinajstić information content (AvgIpc) is 3.92. The minimum absolute atomic E-state index is 0.0147. The van der Waals surface area contributed by atoms with Crippen LogP contribution in [-0.4, -0.2) is 109 Å². The molecule has 2 aromatic carbocycles. The van der Waals surface area contributed by atoms with Gasteiger partial charge < -0.3 is 35.4 Å². The molecule has 71 heavy (non-hydrogen) atoms. The standard InChI is InChI=1S/C24H19F3N6O2.C14H8F3N3O2.C10H13N3O/c25-24(26,27)16-5-2-1-4-15(16)17-8-9-20-28-10-18(33(20)31-17)22(34)30-19-6-3-7-21(29-19)32-11-23(12-32)13-35-14-23;15-14(16,17)9-4-2-1-3-8(9)10-5-6-12-18-7-11(13(21)22)20(12)19-10;11-8-2-1-3-9(12-8)13-4-10(5-13)6-14-7-10/h1-10H,11-14H2,(H,29,30,34);1-7H,(H,21,22);1-3H,4-7H2,(H2,11,12). The van der Waals surface area contributed by atoms with E-state index in [0.29, 0.717) is 22.7 Å². The van der Waals surface area contributed by atoms with Crippen LogP contribution in [0, 0.1) is 10.8 Å². The third-order valence-corrected chi connectivity index (χ3v) is 12.3. The molecule has 0 saturated carbocycles. The molecule has 0 aliphatic carbocycles. The van der Waals surface area contributed by atoms with Crippen LogP contribution in [-0.2, 0) is 21.8 Å². The number of aromatic nitrogens is 8. The zero-order chi connectivity index (χ0) is 49.7. The van der Waals surface area contributed by atoms with Crippen molar-refractivity contribution in [2.45, 2.75) is 12.4 Å². The Morgan fingerprint density at radius 3 is 1.52 bits per heavy atom. The number of carboxylic acid groups (broad SMARTS) is 1. The molecule has 10 heterocycles. The Morgan fingerprint density at radius 1 is 0.592 bits per heavy atom. The van der Waals surface area contributed by atoms with Crippen LogP contribution in [0.15, 0.2) is 122 Å². The molecular formula is C48H40F6N12O5. The summed E-state index contributed by atoms with van der Waals surface area (Å²) in [4.78, 5) is 45.3. The SMILES string of the molecule is Nc1cccc(N2CC3(COC3)C2)n1.O=C(Nc1cccc(N2CC3(COC3)C2)n1)c1cnc2ccc(-c3ccccc3C(F)(F)F)nn12.O=C(O)c1cnc2ccc(-c3ccccc3C(F)(F)F)nn12. The third-order valence-electron chi connectivity index (χ3n) is 12.3. The Balaban J connectivity index is 0.000000137. The number of alkyl halides is 6. The molecule has 12 rings (SSSR count). The van der Waals surface area contributed by atoms with Crippen molar-refractivity contribution in [2.24, 2.45) is 10.8 Å². The second kappa shape index (κ2) is 18.0. The summed E-state index contributed by atoms with van der Waals surface area (Å²) in [6, 6.07) is 27.0. The fourth-order valence-corrected chi connectivity index (χ4v) is 8.70. The van der Waals surface area contributed by atoms with E-state index in [9.17, 15) is 35.9 Å². The average molecular weight is 979 g/mol. The van der Waals surface area contributed by atoms with Gasteiger partial charge in [-0.2, -0.15) is 36.5 Å². The molecule has 23 heteroatoms. The van der Waals surface area contributed by atoms with Crippen LogP contribution >= 0.6 is 0 Å².